The Balaban J connectivity index is 2.38. The first-order valence-corrected chi connectivity index (χ1v) is 6.23. The largest absolute Gasteiger partial charge is 0.357 e. The Hall–Kier alpha value is -1.76. The van der Waals surface area contributed by atoms with E-state index in [1.165, 1.54) is 0 Å². The van der Waals surface area contributed by atoms with Crippen LogP contribution in [0.2, 0.25) is 0 Å². The molecule has 0 amide bonds. The molecular weight excluding hydrogens is 318 g/mol. The molecular formula is C12H11BrF2N4. The number of nitrogens with zero attached hydrogens (tertiary/aromatic N) is 2. The lowest BCUT2D eigenvalue weighted by Gasteiger charge is -2.11. The van der Waals surface area contributed by atoms with Gasteiger partial charge in [0.15, 0.2) is 0 Å². The van der Waals surface area contributed by atoms with E-state index in [1.54, 1.807) is 20.2 Å². The first-order chi connectivity index (χ1) is 9.01. The summed E-state index contributed by atoms with van der Waals surface area (Å²) in [6.07, 6.45) is 1.59. The van der Waals surface area contributed by atoms with Gasteiger partial charge in [-0.25, -0.2) is 13.8 Å². The van der Waals surface area contributed by atoms with E-state index in [1.807, 2.05) is 0 Å². The Kier molecular flexibility index (Phi) is 3.94. The van der Waals surface area contributed by atoms with Crippen LogP contribution >= 0.6 is 15.9 Å². The molecule has 0 fully saturated rings. The molecule has 0 saturated heterocycles. The average molecular weight is 329 g/mol. The maximum Gasteiger partial charge on any atom is 0.224 e. The second-order valence-corrected chi connectivity index (χ2v) is 4.70. The van der Waals surface area contributed by atoms with Gasteiger partial charge in [-0.1, -0.05) is 0 Å². The molecule has 0 radical (unpaired) electrons. The van der Waals surface area contributed by atoms with Gasteiger partial charge in [0.2, 0.25) is 5.95 Å². The van der Waals surface area contributed by atoms with E-state index in [0.717, 1.165) is 17.7 Å². The van der Waals surface area contributed by atoms with Crippen LogP contribution in [0, 0.1) is 18.6 Å². The van der Waals surface area contributed by atoms with E-state index < -0.39 is 11.6 Å². The molecule has 0 aliphatic carbocycles. The predicted octanol–water partition coefficient (Wildman–Crippen LogP) is 3.61. The van der Waals surface area contributed by atoms with Crippen molar-refractivity contribution in [3.63, 3.8) is 0 Å². The molecule has 0 unspecified atom stereocenters. The number of benzene rings is 1. The number of aromatic nitrogens is 2. The summed E-state index contributed by atoms with van der Waals surface area (Å²) in [5.41, 5.74) is 0.742. The molecule has 2 N–H and O–H groups in total. The Morgan fingerprint density at radius 3 is 2.63 bits per heavy atom. The van der Waals surface area contributed by atoms with Gasteiger partial charge in [-0.2, -0.15) is 4.98 Å². The summed E-state index contributed by atoms with van der Waals surface area (Å²) in [5, 5.41) is 5.53. The van der Waals surface area contributed by atoms with Crippen molar-refractivity contribution >= 4 is 33.4 Å². The van der Waals surface area contributed by atoms with E-state index in [4.69, 9.17) is 0 Å². The van der Waals surface area contributed by atoms with Crippen LogP contribution in [-0.2, 0) is 0 Å². The summed E-state index contributed by atoms with van der Waals surface area (Å²) < 4.78 is 27.2. The highest BCUT2D eigenvalue weighted by Gasteiger charge is 2.10. The lowest BCUT2D eigenvalue weighted by Crippen LogP contribution is -2.04. The van der Waals surface area contributed by atoms with Crippen molar-refractivity contribution in [3.05, 3.63) is 40.0 Å². The molecule has 2 aromatic rings. The number of hydrogen-bond acceptors (Lipinski definition) is 4. The number of anilines is 3. The average Bonchev–Trinajstić information content (AvgIpc) is 2.38. The molecule has 0 atom stereocenters. The molecule has 4 nitrogen and oxygen atoms in total. The SMILES string of the molecule is CNc1ncc(C)c(Nc2cc(F)c(Br)cc2F)n1. The highest BCUT2D eigenvalue weighted by Crippen LogP contribution is 2.26. The molecule has 1 aromatic heterocycles. The standard InChI is InChI=1S/C12H11BrF2N4/c1-6-5-17-12(16-2)19-11(6)18-10-4-8(14)7(13)3-9(10)15/h3-5H,1-2H3,(H2,16,17,18,19). The van der Waals surface area contributed by atoms with Crippen molar-refractivity contribution in [2.45, 2.75) is 6.92 Å². The second kappa shape index (κ2) is 5.48. The minimum Gasteiger partial charge on any atom is -0.357 e. The van der Waals surface area contributed by atoms with Crippen molar-refractivity contribution in [2.24, 2.45) is 0 Å². The van der Waals surface area contributed by atoms with Crippen LogP contribution in [0.5, 0.6) is 0 Å². The third-order valence-electron chi connectivity index (χ3n) is 2.46. The van der Waals surface area contributed by atoms with Crippen molar-refractivity contribution in [1.82, 2.24) is 9.97 Å². The normalized spacial score (nSPS) is 10.4. The van der Waals surface area contributed by atoms with Gasteiger partial charge in [0.1, 0.15) is 17.5 Å². The molecule has 0 aliphatic heterocycles. The fourth-order valence-electron chi connectivity index (χ4n) is 1.43. The van der Waals surface area contributed by atoms with Crippen LogP contribution in [0.4, 0.5) is 26.2 Å². The smallest absolute Gasteiger partial charge is 0.224 e. The Morgan fingerprint density at radius 1 is 1.21 bits per heavy atom. The van der Waals surface area contributed by atoms with Gasteiger partial charge in [0.05, 0.1) is 10.2 Å². The van der Waals surface area contributed by atoms with Gasteiger partial charge in [-0.05, 0) is 28.9 Å². The summed E-state index contributed by atoms with van der Waals surface area (Å²) in [6.45, 7) is 1.77. The van der Waals surface area contributed by atoms with Crippen molar-refractivity contribution < 1.29 is 8.78 Å². The van der Waals surface area contributed by atoms with Crippen LogP contribution in [0.25, 0.3) is 0 Å². The maximum absolute atomic E-state index is 13.7. The Bertz CT molecular complexity index is 619. The number of nitrogens with one attached hydrogen (secondary N) is 2. The first-order valence-electron chi connectivity index (χ1n) is 5.44. The summed E-state index contributed by atoms with van der Waals surface area (Å²) >= 11 is 2.92. The minimum atomic E-state index is -0.572. The molecule has 0 spiro atoms. The summed E-state index contributed by atoms with van der Waals surface area (Å²) in [6, 6.07) is 2.13. The molecule has 19 heavy (non-hydrogen) atoms. The van der Waals surface area contributed by atoms with E-state index in [2.05, 4.69) is 36.5 Å². The van der Waals surface area contributed by atoms with Crippen LogP contribution in [-0.4, -0.2) is 17.0 Å². The quantitative estimate of drug-likeness (QED) is 0.845. The fourth-order valence-corrected chi connectivity index (χ4v) is 1.75. The zero-order chi connectivity index (χ0) is 14.0. The van der Waals surface area contributed by atoms with E-state index in [-0.39, 0.29) is 10.2 Å². The lowest BCUT2D eigenvalue weighted by molar-refractivity contribution is 0.597. The molecule has 0 saturated carbocycles. The summed E-state index contributed by atoms with van der Waals surface area (Å²) in [7, 11) is 1.67. The zero-order valence-corrected chi connectivity index (χ0v) is 11.8. The zero-order valence-electron chi connectivity index (χ0n) is 10.3. The van der Waals surface area contributed by atoms with Crippen molar-refractivity contribution in [2.75, 3.05) is 17.7 Å². The second-order valence-electron chi connectivity index (χ2n) is 3.85. The molecule has 7 heteroatoms. The molecule has 1 heterocycles. The minimum absolute atomic E-state index is 0.0181. The number of aryl methyl sites for hydroxylation is 1. The van der Waals surface area contributed by atoms with Crippen LogP contribution < -0.4 is 10.6 Å². The molecule has 0 bridgehead atoms. The summed E-state index contributed by atoms with van der Waals surface area (Å²) in [5.74, 6) is -0.312. The van der Waals surface area contributed by atoms with Gasteiger partial charge in [-0.15, -0.1) is 0 Å². The van der Waals surface area contributed by atoms with Crippen molar-refractivity contribution in [1.29, 1.82) is 0 Å². The van der Waals surface area contributed by atoms with Crippen LogP contribution in [0.15, 0.2) is 22.8 Å². The molecule has 1 aromatic carbocycles. The van der Waals surface area contributed by atoms with Crippen LogP contribution in [0.1, 0.15) is 5.56 Å². The molecule has 2 rings (SSSR count). The van der Waals surface area contributed by atoms with Gasteiger partial charge in [0, 0.05) is 24.9 Å². The topological polar surface area (TPSA) is 49.8 Å². The third-order valence-corrected chi connectivity index (χ3v) is 3.07. The van der Waals surface area contributed by atoms with Crippen molar-refractivity contribution in [3.8, 4) is 0 Å². The van der Waals surface area contributed by atoms with E-state index >= 15 is 0 Å². The van der Waals surface area contributed by atoms with Gasteiger partial charge >= 0.3 is 0 Å². The molecule has 100 valence electrons. The highest BCUT2D eigenvalue weighted by atomic mass is 79.9. The fraction of sp³-hybridized carbons (Fsp3) is 0.167. The Morgan fingerprint density at radius 2 is 1.95 bits per heavy atom. The lowest BCUT2D eigenvalue weighted by atomic mass is 10.2. The highest BCUT2D eigenvalue weighted by molar-refractivity contribution is 9.10. The third kappa shape index (κ3) is 2.98. The monoisotopic (exact) mass is 328 g/mol. The summed E-state index contributed by atoms with van der Waals surface area (Å²) in [4.78, 5) is 8.16. The van der Waals surface area contributed by atoms with E-state index in [0.29, 0.717) is 11.8 Å². The number of rotatable bonds is 3. The predicted molar refractivity (Wildman–Crippen MR) is 73.7 cm³/mol. The van der Waals surface area contributed by atoms with Gasteiger partial charge in [-0.3, -0.25) is 0 Å². The van der Waals surface area contributed by atoms with E-state index in [9.17, 15) is 8.78 Å². The Labute approximate surface area is 117 Å². The number of hydrogen-bond donors (Lipinski definition) is 2. The maximum atomic E-state index is 13.7. The van der Waals surface area contributed by atoms with Gasteiger partial charge < -0.3 is 10.6 Å². The first kappa shape index (κ1) is 13.7. The molecule has 0 aliphatic rings. The van der Waals surface area contributed by atoms with Gasteiger partial charge in [0.25, 0.3) is 0 Å². The number of halogens is 3. The van der Waals surface area contributed by atoms with Crippen LogP contribution in [0.3, 0.4) is 0 Å².